The maximum Gasteiger partial charge on any atom is 0.230 e. The van der Waals surface area contributed by atoms with Gasteiger partial charge in [0.05, 0.1) is 12.3 Å². The SMILES string of the molecule is Cc1ccsc1CNC(=O)CSc1nnc(-c2ccccc2)n1C. The Balaban J connectivity index is 1.56. The molecule has 3 aromatic rings. The summed E-state index contributed by atoms with van der Waals surface area (Å²) in [4.78, 5) is 13.2. The van der Waals surface area contributed by atoms with E-state index in [1.165, 1.54) is 22.2 Å². The van der Waals surface area contributed by atoms with Gasteiger partial charge in [0, 0.05) is 17.5 Å². The smallest absolute Gasteiger partial charge is 0.230 e. The third-order valence-corrected chi connectivity index (χ3v) is 5.66. The highest BCUT2D eigenvalue weighted by molar-refractivity contribution is 7.99. The molecule has 0 radical (unpaired) electrons. The molecule has 2 heterocycles. The Morgan fingerprint density at radius 3 is 2.75 bits per heavy atom. The summed E-state index contributed by atoms with van der Waals surface area (Å²) in [6, 6.07) is 12.0. The Morgan fingerprint density at radius 1 is 1.25 bits per heavy atom. The molecule has 0 aliphatic rings. The van der Waals surface area contributed by atoms with Crippen LogP contribution in [0.1, 0.15) is 10.4 Å². The first-order chi connectivity index (χ1) is 11.6. The number of hydrogen-bond donors (Lipinski definition) is 1. The zero-order chi connectivity index (χ0) is 16.9. The molecule has 1 aromatic carbocycles. The van der Waals surface area contributed by atoms with E-state index in [2.05, 4.69) is 28.5 Å². The molecule has 0 spiro atoms. The zero-order valence-corrected chi connectivity index (χ0v) is 15.2. The summed E-state index contributed by atoms with van der Waals surface area (Å²) in [6.07, 6.45) is 0. The fraction of sp³-hybridized carbons (Fsp3) is 0.235. The van der Waals surface area contributed by atoms with Crippen LogP contribution in [0.5, 0.6) is 0 Å². The highest BCUT2D eigenvalue weighted by atomic mass is 32.2. The van der Waals surface area contributed by atoms with Gasteiger partial charge in [-0.15, -0.1) is 21.5 Å². The number of nitrogens with zero attached hydrogens (tertiary/aromatic N) is 3. The first-order valence-electron chi connectivity index (χ1n) is 7.52. The number of nitrogens with one attached hydrogen (secondary N) is 1. The largest absolute Gasteiger partial charge is 0.350 e. The van der Waals surface area contributed by atoms with Gasteiger partial charge in [-0.3, -0.25) is 4.79 Å². The molecule has 1 N–H and O–H groups in total. The Hall–Kier alpha value is -2.12. The number of rotatable bonds is 6. The van der Waals surface area contributed by atoms with Crippen molar-refractivity contribution in [2.45, 2.75) is 18.6 Å². The van der Waals surface area contributed by atoms with Crippen LogP contribution in [-0.4, -0.2) is 26.4 Å². The quantitative estimate of drug-likeness (QED) is 0.687. The lowest BCUT2D eigenvalue weighted by Gasteiger charge is -2.05. The molecule has 3 rings (SSSR count). The molecule has 124 valence electrons. The van der Waals surface area contributed by atoms with Gasteiger partial charge in [-0.1, -0.05) is 42.1 Å². The van der Waals surface area contributed by atoms with Crippen molar-refractivity contribution in [3.8, 4) is 11.4 Å². The first kappa shape index (κ1) is 16.7. The number of carbonyl (C=O) groups is 1. The molecule has 5 nitrogen and oxygen atoms in total. The van der Waals surface area contributed by atoms with Crippen LogP contribution in [0.2, 0.25) is 0 Å². The fourth-order valence-electron chi connectivity index (χ4n) is 2.22. The number of carbonyl (C=O) groups excluding carboxylic acids is 1. The van der Waals surface area contributed by atoms with Gasteiger partial charge in [-0.05, 0) is 23.9 Å². The average Bonchev–Trinajstić information content (AvgIpc) is 3.17. The molecule has 7 heteroatoms. The normalized spacial score (nSPS) is 10.8. The Kier molecular flexibility index (Phi) is 5.32. The van der Waals surface area contributed by atoms with E-state index in [9.17, 15) is 4.79 Å². The van der Waals surface area contributed by atoms with Crippen molar-refractivity contribution in [3.63, 3.8) is 0 Å². The maximum atomic E-state index is 12.0. The average molecular weight is 358 g/mol. The summed E-state index contributed by atoms with van der Waals surface area (Å²) in [6.45, 7) is 2.63. The van der Waals surface area contributed by atoms with Crippen LogP contribution >= 0.6 is 23.1 Å². The monoisotopic (exact) mass is 358 g/mol. The van der Waals surface area contributed by atoms with Gasteiger partial charge < -0.3 is 9.88 Å². The van der Waals surface area contributed by atoms with Gasteiger partial charge in [0.15, 0.2) is 11.0 Å². The highest BCUT2D eigenvalue weighted by Gasteiger charge is 2.12. The summed E-state index contributed by atoms with van der Waals surface area (Å²) in [5.74, 6) is 1.12. The van der Waals surface area contributed by atoms with Crippen molar-refractivity contribution in [2.24, 2.45) is 7.05 Å². The molecule has 1 amide bonds. The number of thiophene rings is 1. The molecule has 0 bridgehead atoms. The van der Waals surface area contributed by atoms with Crippen molar-refractivity contribution >= 4 is 29.0 Å². The zero-order valence-electron chi connectivity index (χ0n) is 13.5. The van der Waals surface area contributed by atoms with Gasteiger partial charge in [0.1, 0.15) is 0 Å². The van der Waals surface area contributed by atoms with E-state index in [0.717, 1.165) is 16.5 Å². The van der Waals surface area contributed by atoms with Gasteiger partial charge in [-0.2, -0.15) is 0 Å². The van der Waals surface area contributed by atoms with E-state index in [0.29, 0.717) is 12.3 Å². The summed E-state index contributed by atoms with van der Waals surface area (Å²) >= 11 is 3.05. The number of hydrogen-bond acceptors (Lipinski definition) is 5. The minimum Gasteiger partial charge on any atom is -0.350 e. The Bertz CT molecular complexity index is 826. The molecule has 0 atom stereocenters. The summed E-state index contributed by atoms with van der Waals surface area (Å²) in [5.41, 5.74) is 2.23. The van der Waals surface area contributed by atoms with E-state index in [-0.39, 0.29) is 5.91 Å². The molecular formula is C17H18N4OS2. The molecule has 0 aliphatic carbocycles. The van der Waals surface area contributed by atoms with Gasteiger partial charge in [0.25, 0.3) is 0 Å². The van der Waals surface area contributed by atoms with Crippen molar-refractivity contribution in [3.05, 3.63) is 52.2 Å². The standard InChI is InChI=1S/C17H18N4OS2/c1-12-8-9-23-14(12)10-18-15(22)11-24-17-20-19-16(21(17)2)13-6-4-3-5-7-13/h3-9H,10-11H2,1-2H3,(H,18,22). The van der Waals surface area contributed by atoms with Crippen molar-refractivity contribution in [1.29, 1.82) is 0 Å². The molecule has 2 aromatic heterocycles. The van der Waals surface area contributed by atoms with Gasteiger partial charge in [-0.25, -0.2) is 0 Å². The van der Waals surface area contributed by atoms with Crippen LogP contribution in [0.25, 0.3) is 11.4 Å². The second kappa shape index (κ2) is 7.63. The first-order valence-corrected chi connectivity index (χ1v) is 9.39. The lowest BCUT2D eigenvalue weighted by molar-refractivity contribution is -0.118. The van der Waals surface area contributed by atoms with E-state index < -0.39 is 0 Å². The van der Waals surface area contributed by atoms with Crippen LogP contribution in [0.15, 0.2) is 46.9 Å². The highest BCUT2D eigenvalue weighted by Crippen LogP contribution is 2.22. The van der Waals surface area contributed by atoms with Crippen LogP contribution in [0.3, 0.4) is 0 Å². The number of thioether (sulfide) groups is 1. The van der Waals surface area contributed by atoms with E-state index in [1.54, 1.807) is 11.3 Å². The van der Waals surface area contributed by atoms with Crippen LogP contribution in [0.4, 0.5) is 0 Å². The number of benzene rings is 1. The number of aryl methyl sites for hydroxylation is 1. The lowest BCUT2D eigenvalue weighted by atomic mass is 10.2. The lowest BCUT2D eigenvalue weighted by Crippen LogP contribution is -2.24. The Labute approximate surface area is 149 Å². The molecule has 0 saturated carbocycles. The predicted molar refractivity (Wildman–Crippen MR) is 98.1 cm³/mol. The van der Waals surface area contributed by atoms with Crippen molar-refractivity contribution < 1.29 is 4.79 Å². The van der Waals surface area contributed by atoms with E-state index in [1.807, 2.05) is 47.3 Å². The van der Waals surface area contributed by atoms with Crippen molar-refractivity contribution in [2.75, 3.05) is 5.75 Å². The summed E-state index contributed by atoms with van der Waals surface area (Å²) < 4.78 is 1.91. The molecule has 24 heavy (non-hydrogen) atoms. The molecule has 0 unspecified atom stereocenters. The minimum atomic E-state index is -0.00272. The molecule has 0 saturated heterocycles. The molecule has 0 aliphatic heterocycles. The van der Waals surface area contributed by atoms with Gasteiger partial charge in [0.2, 0.25) is 5.91 Å². The third kappa shape index (κ3) is 3.85. The minimum absolute atomic E-state index is 0.00272. The van der Waals surface area contributed by atoms with Crippen LogP contribution < -0.4 is 5.32 Å². The fourth-order valence-corrected chi connectivity index (χ4v) is 3.81. The molecular weight excluding hydrogens is 340 g/mol. The predicted octanol–water partition coefficient (Wildman–Crippen LogP) is 3.26. The number of aromatic nitrogens is 3. The van der Waals surface area contributed by atoms with Gasteiger partial charge >= 0.3 is 0 Å². The molecule has 0 fully saturated rings. The van der Waals surface area contributed by atoms with Crippen molar-refractivity contribution in [1.82, 2.24) is 20.1 Å². The van der Waals surface area contributed by atoms with E-state index >= 15 is 0 Å². The second-order valence-electron chi connectivity index (χ2n) is 5.32. The van der Waals surface area contributed by atoms with Crippen LogP contribution in [-0.2, 0) is 18.4 Å². The third-order valence-electron chi connectivity index (χ3n) is 3.61. The summed E-state index contributed by atoms with van der Waals surface area (Å²) in [5, 5.41) is 14.1. The summed E-state index contributed by atoms with van der Waals surface area (Å²) in [7, 11) is 1.91. The van der Waals surface area contributed by atoms with E-state index in [4.69, 9.17) is 0 Å². The number of amides is 1. The topological polar surface area (TPSA) is 59.8 Å². The Morgan fingerprint density at radius 2 is 2.04 bits per heavy atom. The maximum absolute atomic E-state index is 12.0. The van der Waals surface area contributed by atoms with Crippen LogP contribution in [0, 0.1) is 6.92 Å². The second-order valence-corrected chi connectivity index (χ2v) is 7.27.